The van der Waals surface area contributed by atoms with Gasteiger partial charge in [0, 0.05) is 0 Å². The highest BCUT2D eigenvalue weighted by Crippen LogP contribution is 2.34. The zero-order valence-electron chi connectivity index (χ0n) is 14.7. The minimum atomic E-state index is -0.306. The minimum Gasteiger partial charge on any atom is -0.493 e. The fourth-order valence-electron chi connectivity index (χ4n) is 2.50. The Kier molecular flexibility index (Phi) is 6.32. The Morgan fingerprint density at radius 2 is 1.25 bits per heavy atom. The van der Waals surface area contributed by atoms with Crippen molar-refractivity contribution in [1.29, 1.82) is 0 Å². The topological polar surface area (TPSA) is 62.9 Å². The third-order valence-electron chi connectivity index (χ3n) is 3.69. The van der Waals surface area contributed by atoms with Gasteiger partial charge >= 0.3 is 0 Å². The summed E-state index contributed by atoms with van der Waals surface area (Å²) >= 11 is 0. The van der Waals surface area contributed by atoms with Gasteiger partial charge in [0.1, 0.15) is 0 Å². The molecule has 0 fully saturated rings. The van der Waals surface area contributed by atoms with E-state index in [0.29, 0.717) is 30.5 Å². The molecule has 0 spiro atoms. The molecule has 5 heteroatoms. The first kappa shape index (κ1) is 17.9. The standard InChI is InChI=1S/C19H25NO4/c1-5-23-16-10-8-14(12-18(16)24-6-2)19(20)13-7-9-15(21-3)17(11-13)22-4/h7-12,19H,5-6,20H2,1-4H3/t19-/m1/s1. The van der Waals surface area contributed by atoms with Crippen LogP contribution in [0.15, 0.2) is 36.4 Å². The van der Waals surface area contributed by atoms with Gasteiger partial charge in [-0.15, -0.1) is 0 Å². The van der Waals surface area contributed by atoms with Crippen LogP contribution >= 0.6 is 0 Å². The number of rotatable bonds is 8. The maximum atomic E-state index is 6.43. The average Bonchev–Trinajstić information content (AvgIpc) is 2.62. The highest BCUT2D eigenvalue weighted by molar-refractivity contribution is 5.49. The fourth-order valence-corrected chi connectivity index (χ4v) is 2.50. The van der Waals surface area contributed by atoms with Gasteiger partial charge in [-0.05, 0) is 49.2 Å². The lowest BCUT2D eigenvalue weighted by Gasteiger charge is -2.18. The lowest BCUT2D eigenvalue weighted by molar-refractivity contribution is 0.287. The molecule has 2 N–H and O–H groups in total. The highest BCUT2D eigenvalue weighted by Gasteiger charge is 2.15. The predicted molar refractivity (Wildman–Crippen MR) is 94.4 cm³/mol. The molecule has 0 amide bonds. The number of benzene rings is 2. The predicted octanol–water partition coefficient (Wildman–Crippen LogP) is 3.55. The van der Waals surface area contributed by atoms with Crippen LogP contribution in [-0.4, -0.2) is 27.4 Å². The Morgan fingerprint density at radius 3 is 1.79 bits per heavy atom. The van der Waals surface area contributed by atoms with Crippen molar-refractivity contribution in [2.45, 2.75) is 19.9 Å². The highest BCUT2D eigenvalue weighted by atomic mass is 16.5. The first-order chi connectivity index (χ1) is 11.6. The molecule has 0 radical (unpaired) electrons. The largest absolute Gasteiger partial charge is 0.493 e. The molecule has 0 aliphatic heterocycles. The quantitative estimate of drug-likeness (QED) is 0.801. The van der Waals surface area contributed by atoms with Crippen LogP contribution in [0.4, 0.5) is 0 Å². The van der Waals surface area contributed by atoms with Gasteiger partial charge in [-0.3, -0.25) is 0 Å². The molecule has 0 aliphatic rings. The van der Waals surface area contributed by atoms with Gasteiger partial charge in [0.05, 0.1) is 33.5 Å². The van der Waals surface area contributed by atoms with E-state index in [-0.39, 0.29) is 6.04 Å². The average molecular weight is 331 g/mol. The minimum absolute atomic E-state index is 0.306. The zero-order valence-corrected chi connectivity index (χ0v) is 14.7. The van der Waals surface area contributed by atoms with Gasteiger partial charge in [-0.2, -0.15) is 0 Å². The van der Waals surface area contributed by atoms with Crippen molar-refractivity contribution in [3.05, 3.63) is 47.5 Å². The maximum absolute atomic E-state index is 6.43. The van der Waals surface area contributed by atoms with E-state index >= 15 is 0 Å². The van der Waals surface area contributed by atoms with Crippen molar-refractivity contribution in [3.8, 4) is 23.0 Å². The molecule has 24 heavy (non-hydrogen) atoms. The SMILES string of the molecule is CCOc1ccc([C@H](N)c2ccc(OC)c(OC)c2)cc1OCC. The molecule has 0 saturated carbocycles. The monoisotopic (exact) mass is 331 g/mol. The molecule has 0 saturated heterocycles. The summed E-state index contributed by atoms with van der Waals surface area (Å²) in [5, 5.41) is 0. The number of ether oxygens (including phenoxy) is 4. The molecule has 1 atom stereocenters. The van der Waals surface area contributed by atoms with Crippen LogP contribution < -0.4 is 24.7 Å². The van der Waals surface area contributed by atoms with Crippen LogP contribution in [0.1, 0.15) is 31.0 Å². The molecule has 0 aromatic heterocycles. The van der Waals surface area contributed by atoms with Gasteiger partial charge in [0.2, 0.25) is 0 Å². The smallest absolute Gasteiger partial charge is 0.161 e. The number of nitrogens with two attached hydrogens (primary N) is 1. The van der Waals surface area contributed by atoms with Crippen molar-refractivity contribution < 1.29 is 18.9 Å². The van der Waals surface area contributed by atoms with Gasteiger partial charge in [0.25, 0.3) is 0 Å². The third kappa shape index (κ3) is 3.92. The summed E-state index contributed by atoms with van der Waals surface area (Å²) in [6, 6.07) is 11.1. The Morgan fingerprint density at radius 1 is 0.750 bits per heavy atom. The summed E-state index contributed by atoms with van der Waals surface area (Å²) in [4.78, 5) is 0. The lowest BCUT2D eigenvalue weighted by Crippen LogP contribution is -2.12. The number of hydrogen-bond donors (Lipinski definition) is 1. The van der Waals surface area contributed by atoms with E-state index < -0.39 is 0 Å². The second-order valence-electron chi connectivity index (χ2n) is 5.16. The second-order valence-corrected chi connectivity index (χ2v) is 5.16. The molecule has 2 aromatic carbocycles. The summed E-state index contributed by atoms with van der Waals surface area (Å²) < 4.78 is 21.9. The van der Waals surface area contributed by atoms with Crippen molar-refractivity contribution in [3.63, 3.8) is 0 Å². The molecule has 0 aliphatic carbocycles. The van der Waals surface area contributed by atoms with E-state index in [9.17, 15) is 0 Å². The van der Waals surface area contributed by atoms with Gasteiger partial charge in [-0.25, -0.2) is 0 Å². The van der Waals surface area contributed by atoms with Crippen LogP contribution in [0, 0.1) is 0 Å². The zero-order chi connectivity index (χ0) is 17.5. The van der Waals surface area contributed by atoms with Crippen LogP contribution in [0.2, 0.25) is 0 Å². The Hall–Kier alpha value is -2.40. The summed E-state index contributed by atoms with van der Waals surface area (Å²) in [5.74, 6) is 2.76. The molecule has 2 rings (SSSR count). The lowest BCUT2D eigenvalue weighted by atomic mass is 9.98. The third-order valence-corrected chi connectivity index (χ3v) is 3.69. The van der Waals surface area contributed by atoms with Crippen molar-refractivity contribution in [2.75, 3.05) is 27.4 Å². The summed E-state index contributed by atoms with van der Waals surface area (Å²) in [6.45, 7) is 5.03. The maximum Gasteiger partial charge on any atom is 0.161 e. The summed E-state index contributed by atoms with van der Waals surface area (Å²) in [5.41, 5.74) is 8.30. The summed E-state index contributed by atoms with van der Waals surface area (Å²) in [7, 11) is 3.22. The van der Waals surface area contributed by atoms with E-state index in [2.05, 4.69) is 0 Å². The number of hydrogen-bond acceptors (Lipinski definition) is 5. The molecule has 2 aromatic rings. The molecule has 0 heterocycles. The van der Waals surface area contributed by atoms with E-state index in [1.54, 1.807) is 14.2 Å². The molecular formula is C19H25NO4. The fraction of sp³-hybridized carbons (Fsp3) is 0.368. The molecular weight excluding hydrogens is 306 g/mol. The Labute approximate surface area is 143 Å². The molecule has 5 nitrogen and oxygen atoms in total. The van der Waals surface area contributed by atoms with Gasteiger partial charge in [0.15, 0.2) is 23.0 Å². The summed E-state index contributed by atoms with van der Waals surface area (Å²) in [6.07, 6.45) is 0. The van der Waals surface area contributed by atoms with Crippen LogP contribution in [0.3, 0.4) is 0 Å². The molecule has 0 bridgehead atoms. The Bertz CT molecular complexity index is 672. The van der Waals surface area contributed by atoms with Gasteiger partial charge in [-0.1, -0.05) is 12.1 Å². The Balaban J connectivity index is 2.35. The van der Waals surface area contributed by atoms with Crippen LogP contribution in [-0.2, 0) is 0 Å². The molecule has 0 unspecified atom stereocenters. The first-order valence-electron chi connectivity index (χ1n) is 8.01. The van der Waals surface area contributed by atoms with E-state index in [1.807, 2.05) is 50.2 Å². The van der Waals surface area contributed by atoms with E-state index in [1.165, 1.54) is 0 Å². The van der Waals surface area contributed by atoms with Gasteiger partial charge < -0.3 is 24.7 Å². The van der Waals surface area contributed by atoms with Crippen LogP contribution in [0.5, 0.6) is 23.0 Å². The van der Waals surface area contributed by atoms with E-state index in [0.717, 1.165) is 16.9 Å². The van der Waals surface area contributed by atoms with Crippen LogP contribution in [0.25, 0.3) is 0 Å². The number of methoxy groups -OCH3 is 2. The van der Waals surface area contributed by atoms with E-state index in [4.69, 9.17) is 24.7 Å². The first-order valence-corrected chi connectivity index (χ1v) is 8.01. The molecule has 130 valence electrons. The van der Waals surface area contributed by atoms with Crippen molar-refractivity contribution >= 4 is 0 Å². The normalized spacial score (nSPS) is 11.7. The van der Waals surface area contributed by atoms with Crippen molar-refractivity contribution in [1.82, 2.24) is 0 Å². The van der Waals surface area contributed by atoms with Crippen molar-refractivity contribution in [2.24, 2.45) is 5.73 Å². The second kappa shape index (κ2) is 8.45.